The van der Waals surface area contributed by atoms with E-state index in [0.717, 1.165) is 30.5 Å². The molecular weight excluding hydrogens is 342 g/mol. The maximum Gasteiger partial charge on any atom is 0.168 e. The standard InChI is InChI=1S/C19H21N7O/c27-17-7-2-1-4-12-8-9-13-5-3-6-14(19(12)13)15-10-18(22-24-20-15)23-26-11-16(17)21-25-26/h3,5-6,8-10,16,19,21,25H,1-2,4,7,11H2,(H,20,22,23). The van der Waals surface area contributed by atoms with Crippen LogP contribution in [0.5, 0.6) is 0 Å². The summed E-state index contributed by atoms with van der Waals surface area (Å²) in [6, 6.07) is 1.67. The normalized spacial score (nSPS) is 29.7. The van der Waals surface area contributed by atoms with E-state index in [-0.39, 0.29) is 17.7 Å². The van der Waals surface area contributed by atoms with Gasteiger partial charge in [0.15, 0.2) is 11.6 Å². The molecule has 8 heteroatoms. The lowest BCUT2D eigenvalue weighted by atomic mass is 9.81. The van der Waals surface area contributed by atoms with E-state index < -0.39 is 0 Å². The molecule has 1 saturated heterocycles. The van der Waals surface area contributed by atoms with Crippen molar-refractivity contribution in [2.24, 2.45) is 5.92 Å². The number of carbonyl (C=O) groups is 1. The van der Waals surface area contributed by atoms with Crippen LogP contribution in [-0.2, 0) is 4.79 Å². The van der Waals surface area contributed by atoms with Gasteiger partial charge in [-0.3, -0.25) is 10.2 Å². The number of allylic oxidation sites excluding steroid dienone is 8. The zero-order valence-electron chi connectivity index (χ0n) is 14.9. The molecule has 1 fully saturated rings. The third-order valence-electron chi connectivity index (χ3n) is 5.46. The summed E-state index contributed by atoms with van der Waals surface area (Å²) in [5.74, 6) is 1.03. The molecule has 3 unspecified atom stereocenters. The van der Waals surface area contributed by atoms with Gasteiger partial charge in [-0.15, -0.1) is 15.3 Å². The van der Waals surface area contributed by atoms with Gasteiger partial charge in [0.25, 0.3) is 0 Å². The van der Waals surface area contributed by atoms with Crippen LogP contribution in [0.3, 0.4) is 0 Å². The van der Waals surface area contributed by atoms with Gasteiger partial charge in [0.2, 0.25) is 0 Å². The topological polar surface area (TPSA) is 95.1 Å². The molecule has 2 aliphatic carbocycles. The first-order chi connectivity index (χ1) is 13.3. The summed E-state index contributed by atoms with van der Waals surface area (Å²) >= 11 is 0. The van der Waals surface area contributed by atoms with E-state index in [2.05, 4.69) is 62.2 Å². The molecule has 3 heterocycles. The molecule has 2 aliphatic heterocycles. The molecule has 0 amide bonds. The van der Waals surface area contributed by atoms with Crippen molar-refractivity contribution in [1.82, 2.24) is 31.5 Å². The van der Waals surface area contributed by atoms with Gasteiger partial charge in [-0.2, -0.15) is 5.53 Å². The van der Waals surface area contributed by atoms with E-state index in [9.17, 15) is 4.79 Å². The fourth-order valence-corrected chi connectivity index (χ4v) is 4.09. The minimum absolute atomic E-state index is 0.219. The first-order valence-electron chi connectivity index (χ1n) is 9.36. The SMILES string of the molecule is O=C1CCCCC2=CC=C3C=CC=C(c4cc(nnn4)NN4CC1NN4)C32. The van der Waals surface area contributed by atoms with Crippen molar-refractivity contribution in [2.75, 3.05) is 12.0 Å². The molecular formula is C19H21N7O. The van der Waals surface area contributed by atoms with Gasteiger partial charge in [0.05, 0.1) is 18.3 Å². The first-order valence-corrected chi connectivity index (χ1v) is 9.36. The molecule has 5 rings (SSSR count). The zero-order chi connectivity index (χ0) is 18.2. The Labute approximate surface area is 157 Å². The second-order valence-electron chi connectivity index (χ2n) is 7.23. The van der Waals surface area contributed by atoms with Crippen LogP contribution < -0.4 is 16.4 Å². The van der Waals surface area contributed by atoms with Crippen LogP contribution >= 0.6 is 0 Å². The summed E-state index contributed by atoms with van der Waals surface area (Å²) < 4.78 is 0. The highest BCUT2D eigenvalue weighted by Gasteiger charge is 2.31. The number of hydrogen-bond acceptors (Lipinski definition) is 8. The Morgan fingerprint density at radius 2 is 2.04 bits per heavy atom. The van der Waals surface area contributed by atoms with Gasteiger partial charge in [-0.25, -0.2) is 5.43 Å². The number of hydrogen-bond donors (Lipinski definition) is 3. The third-order valence-corrected chi connectivity index (χ3v) is 5.46. The molecule has 4 bridgehead atoms. The van der Waals surface area contributed by atoms with Gasteiger partial charge >= 0.3 is 0 Å². The lowest BCUT2D eigenvalue weighted by Gasteiger charge is -2.23. The molecule has 3 N–H and O–H groups in total. The Morgan fingerprint density at radius 3 is 3.00 bits per heavy atom. The number of anilines is 1. The number of aromatic nitrogens is 3. The number of carbonyl (C=O) groups excluding carboxylic acids is 1. The molecule has 138 valence electrons. The van der Waals surface area contributed by atoms with Crippen molar-refractivity contribution in [3.05, 3.63) is 53.3 Å². The fraction of sp³-hybridized carbons (Fsp3) is 0.368. The second-order valence-corrected chi connectivity index (χ2v) is 7.23. The van der Waals surface area contributed by atoms with Crippen LogP contribution in [0, 0.1) is 5.92 Å². The average molecular weight is 363 g/mol. The minimum Gasteiger partial charge on any atom is -0.298 e. The third kappa shape index (κ3) is 3.12. The summed E-state index contributed by atoms with van der Waals surface area (Å²) in [7, 11) is 0. The predicted molar refractivity (Wildman–Crippen MR) is 100 cm³/mol. The van der Waals surface area contributed by atoms with E-state index >= 15 is 0 Å². The predicted octanol–water partition coefficient (Wildman–Crippen LogP) is 1.47. The van der Waals surface area contributed by atoms with Crippen LogP contribution in [0.15, 0.2) is 47.6 Å². The van der Waals surface area contributed by atoms with Gasteiger partial charge in [0.1, 0.15) is 0 Å². The zero-order valence-corrected chi connectivity index (χ0v) is 14.9. The summed E-state index contributed by atoms with van der Waals surface area (Å²) in [6.07, 6.45) is 14.2. The number of rotatable bonds is 0. The molecule has 0 aromatic carbocycles. The first kappa shape index (κ1) is 16.5. The fourth-order valence-electron chi connectivity index (χ4n) is 4.09. The number of ketones is 1. The minimum atomic E-state index is -0.231. The monoisotopic (exact) mass is 363 g/mol. The number of hydrazine groups is 3. The van der Waals surface area contributed by atoms with Crippen molar-refractivity contribution >= 4 is 17.2 Å². The lowest BCUT2D eigenvalue weighted by Crippen LogP contribution is -2.41. The average Bonchev–Trinajstić information content (AvgIpc) is 3.32. The van der Waals surface area contributed by atoms with E-state index in [1.165, 1.54) is 11.1 Å². The van der Waals surface area contributed by atoms with Gasteiger partial charge < -0.3 is 0 Å². The van der Waals surface area contributed by atoms with Crippen molar-refractivity contribution in [3.63, 3.8) is 0 Å². The molecule has 4 aliphatic rings. The summed E-state index contributed by atoms with van der Waals surface area (Å²) in [5.41, 5.74) is 13.8. The van der Waals surface area contributed by atoms with Crippen LogP contribution in [0.1, 0.15) is 31.4 Å². The Hall–Kier alpha value is -2.68. The number of fused-ring (bicyclic) bond motifs is 5. The van der Waals surface area contributed by atoms with Gasteiger partial charge in [-0.1, -0.05) is 36.0 Å². The van der Waals surface area contributed by atoms with Crippen LogP contribution in [0.4, 0.5) is 5.82 Å². The smallest absolute Gasteiger partial charge is 0.168 e. The van der Waals surface area contributed by atoms with Crippen molar-refractivity contribution in [2.45, 2.75) is 31.7 Å². The summed E-state index contributed by atoms with van der Waals surface area (Å²) in [6.45, 7) is 0.518. The van der Waals surface area contributed by atoms with Crippen LogP contribution in [0.2, 0.25) is 0 Å². The molecule has 8 nitrogen and oxygen atoms in total. The van der Waals surface area contributed by atoms with Crippen LogP contribution in [0.25, 0.3) is 5.57 Å². The largest absolute Gasteiger partial charge is 0.298 e. The second kappa shape index (κ2) is 6.80. The quantitative estimate of drug-likeness (QED) is 0.638. The van der Waals surface area contributed by atoms with Crippen molar-refractivity contribution in [3.8, 4) is 0 Å². The molecule has 27 heavy (non-hydrogen) atoms. The molecule has 3 atom stereocenters. The Balaban J connectivity index is 1.50. The van der Waals surface area contributed by atoms with Crippen molar-refractivity contribution < 1.29 is 4.79 Å². The Bertz CT molecular complexity index is 901. The molecule has 0 spiro atoms. The van der Waals surface area contributed by atoms with Crippen LogP contribution in [-0.4, -0.2) is 38.9 Å². The highest BCUT2D eigenvalue weighted by Crippen LogP contribution is 2.42. The number of Topliss-reactive ketones (excluding diaryl/α,β-unsaturated/α-hetero) is 1. The van der Waals surface area contributed by atoms with Crippen molar-refractivity contribution in [1.29, 1.82) is 0 Å². The Morgan fingerprint density at radius 1 is 1.11 bits per heavy atom. The van der Waals surface area contributed by atoms with E-state index in [4.69, 9.17) is 0 Å². The molecule has 1 aromatic heterocycles. The molecule has 1 aromatic rings. The number of nitrogens with one attached hydrogen (secondary N) is 3. The van der Waals surface area contributed by atoms with E-state index in [1.54, 1.807) is 5.12 Å². The van der Waals surface area contributed by atoms with E-state index in [1.807, 2.05) is 6.07 Å². The molecule has 0 radical (unpaired) electrons. The summed E-state index contributed by atoms with van der Waals surface area (Å²) in [4.78, 5) is 12.4. The lowest BCUT2D eigenvalue weighted by molar-refractivity contribution is -0.120. The molecule has 0 saturated carbocycles. The Kier molecular flexibility index (Phi) is 4.16. The highest BCUT2D eigenvalue weighted by molar-refractivity contribution is 5.84. The van der Waals surface area contributed by atoms with Gasteiger partial charge in [0, 0.05) is 18.4 Å². The van der Waals surface area contributed by atoms with Gasteiger partial charge in [-0.05, 0) is 35.6 Å². The van der Waals surface area contributed by atoms with E-state index in [0.29, 0.717) is 18.8 Å². The highest BCUT2D eigenvalue weighted by atomic mass is 16.1. The maximum atomic E-state index is 12.4. The summed E-state index contributed by atoms with van der Waals surface area (Å²) in [5, 5.41) is 14.0. The number of nitrogens with zero attached hydrogens (tertiary/aromatic N) is 4. The maximum absolute atomic E-state index is 12.4.